The highest BCUT2D eigenvalue weighted by Crippen LogP contribution is 2.23. The molecule has 1 atom stereocenters. The Kier molecular flexibility index (Phi) is 6.81. The predicted octanol–water partition coefficient (Wildman–Crippen LogP) is 2.47. The molecule has 2 fully saturated rings. The normalized spacial score (nSPS) is 20.4. The number of piperidine rings is 1. The number of aromatic nitrogens is 1. The van der Waals surface area contributed by atoms with Gasteiger partial charge in [0.05, 0.1) is 4.90 Å². The Balaban J connectivity index is 1.35. The molecule has 172 valence electrons. The fourth-order valence-electron chi connectivity index (χ4n) is 4.70. The van der Waals surface area contributed by atoms with Crippen LogP contribution >= 0.6 is 0 Å². The molecule has 0 saturated carbocycles. The van der Waals surface area contributed by atoms with E-state index in [1.54, 1.807) is 12.1 Å². The van der Waals surface area contributed by atoms with Gasteiger partial charge in [-0.1, -0.05) is 12.1 Å². The largest absolute Gasteiger partial charge is 0.354 e. The smallest absolute Gasteiger partial charge is 0.254 e. The molecular weight excluding hydrogens is 424 g/mol. The molecule has 1 aromatic carbocycles. The monoisotopic (exact) mass is 456 g/mol. The second kappa shape index (κ2) is 9.58. The van der Waals surface area contributed by atoms with Gasteiger partial charge in [-0.2, -0.15) is 0 Å². The molecular formula is C24H32N4O3S. The summed E-state index contributed by atoms with van der Waals surface area (Å²) >= 11 is 0. The quantitative estimate of drug-likeness (QED) is 0.688. The Morgan fingerprint density at radius 2 is 1.88 bits per heavy atom. The number of likely N-dealkylation sites (tertiary alicyclic amines) is 1. The van der Waals surface area contributed by atoms with Crippen LogP contribution in [0.1, 0.15) is 28.8 Å². The number of pyridine rings is 1. The Bertz CT molecular complexity index is 1050. The van der Waals surface area contributed by atoms with Crippen molar-refractivity contribution in [2.75, 3.05) is 57.0 Å². The number of piperazine rings is 1. The second-order valence-corrected chi connectivity index (χ2v) is 11.0. The molecule has 0 radical (unpaired) electrons. The van der Waals surface area contributed by atoms with Crippen molar-refractivity contribution in [2.45, 2.75) is 24.7 Å². The molecule has 3 heterocycles. The summed E-state index contributed by atoms with van der Waals surface area (Å²) < 4.78 is 23.9. The number of amides is 1. The summed E-state index contributed by atoms with van der Waals surface area (Å²) in [4.78, 5) is 24.6. The van der Waals surface area contributed by atoms with E-state index in [9.17, 15) is 13.2 Å². The van der Waals surface area contributed by atoms with E-state index in [0.717, 1.165) is 70.0 Å². The number of carbonyl (C=O) groups excluding carboxylic acids is 1. The van der Waals surface area contributed by atoms with E-state index in [2.05, 4.69) is 20.9 Å². The average molecular weight is 457 g/mol. The van der Waals surface area contributed by atoms with Gasteiger partial charge in [0, 0.05) is 63.8 Å². The molecule has 4 rings (SSSR count). The van der Waals surface area contributed by atoms with Gasteiger partial charge in [-0.25, -0.2) is 13.4 Å². The van der Waals surface area contributed by atoms with E-state index in [4.69, 9.17) is 0 Å². The highest BCUT2D eigenvalue weighted by atomic mass is 32.2. The van der Waals surface area contributed by atoms with Crippen molar-refractivity contribution in [2.24, 2.45) is 5.92 Å². The lowest BCUT2D eigenvalue weighted by Crippen LogP contribution is -2.50. The van der Waals surface area contributed by atoms with Crippen molar-refractivity contribution in [3.63, 3.8) is 0 Å². The van der Waals surface area contributed by atoms with Gasteiger partial charge >= 0.3 is 0 Å². The summed E-state index contributed by atoms with van der Waals surface area (Å²) in [7, 11) is -3.35. The maximum Gasteiger partial charge on any atom is 0.254 e. The lowest BCUT2D eigenvalue weighted by molar-refractivity contribution is 0.0636. The van der Waals surface area contributed by atoms with Crippen molar-refractivity contribution in [3.05, 3.63) is 53.7 Å². The predicted molar refractivity (Wildman–Crippen MR) is 126 cm³/mol. The van der Waals surface area contributed by atoms with Gasteiger partial charge in [0.1, 0.15) is 5.82 Å². The minimum Gasteiger partial charge on any atom is -0.354 e. The number of carbonyl (C=O) groups is 1. The fourth-order valence-corrected chi connectivity index (χ4v) is 5.34. The van der Waals surface area contributed by atoms with E-state index in [0.29, 0.717) is 11.5 Å². The van der Waals surface area contributed by atoms with Crippen LogP contribution in [0.15, 0.2) is 47.5 Å². The molecule has 0 N–H and O–H groups in total. The Hall–Kier alpha value is -2.45. The molecule has 7 nitrogen and oxygen atoms in total. The summed E-state index contributed by atoms with van der Waals surface area (Å²) in [6, 6.07) is 10.9. The third-order valence-corrected chi connectivity index (χ3v) is 7.65. The minimum absolute atomic E-state index is 0.0577. The highest BCUT2D eigenvalue weighted by Gasteiger charge is 2.28. The van der Waals surface area contributed by atoms with E-state index in [1.165, 1.54) is 12.3 Å². The molecule has 32 heavy (non-hydrogen) atoms. The number of sulfone groups is 1. The average Bonchev–Trinajstić information content (AvgIpc) is 2.79. The van der Waals surface area contributed by atoms with Gasteiger partial charge in [0.15, 0.2) is 9.84 Å². The fraction of sp³-hybridized carbons (Fsp3) is 0.500. The number of aryl methyl sites for hydroxylation is 1. The van der Waals surface area contributed by atoms with Gasteiger partial charge in [-0.15, -0.1) is 0 Å². The molecule has 8 heteroatoms. The first-order chi connectivity index (χ1) is 15.3. The Morgan fingerprint density at radius 3 is 2.56 bits per heavy atom. The van der Waals surface area contributed by atoms with Gasteiger partial charge in [-0.3, -0.25) is 9.69 Å². The van der Waals surface area contributed by atoms with Crippen LogP contribution in [-0.2, 0) is 9.84 Å². The van der Waals surface area contributed by atoms with E-state index in [-0.39, 0.29) is 10.8 Å². The molecule has 2 aromatic rings. The number of hydrogen-bond acceptors (Lipinski definition) is 6. The molecule has 1 unspecified atom stereocenters. The number of hydrogen-bond donors (Lipinski definition) is 0. The first kappa shape index (κ1) is 22.7. The molecule has 2 aliphatic rings. The molecule has 1 aromatic heterocycles. The SMILES string of the molecule is Cc1ccc(S(C)(=O)=O)cc1C(=O)N1CCCC(CN2CCN(c3ccccn3)CC2)C1. The number of benzene rings is 1. The number of rotatable bonds is 5. The lowest BCUT2D eigenvalue weighted by Gasteiger charge is -2.39. The third kappa shape index (κ3) is 5.30. The summed E-state index contributed by atoms with van der Waals surface area (Å²) in [5.74, 6) is 1.42. The highest BCUT2D eigenvalue weighted by molar-refractivity contribution is 7.90. The summed E-state index contributed by atoms with van der Waals surface area (Å²) in [6.07, 6.45) is 5.11. The standard InChI is InChI=1S/C24H32N4O3S/c1-19-8-9-21(32(2,30)31)16-22(19)24(29)28-11-5-6-20(18-28)17-26-12-14-27(15-13-26)23-7-3-4-10-25-23/h3-4,7-10,16,20H,5-6,11-15,17-18H2,1-2H3. The molecule has 2 saturated heterocycles. The number of nitrogens with zero attached hydrogens (tertiary/aromatic N) is 4. The van der Waals surface area contributed by atoms with Crippen LogP contribution in [0.4, 0.5) is 5.82 Å². The van der Waals surface area contributed by atoms with Crippen molar-refractivity contribution < 1.29 is 13.2 Å². The van der Waals surface area contributed by atoms with Gasteiger partial charge in [0.2, 0.25) is 0 Å². The van der Waals surface area contributed by atoms with Crippen LogP contribution < -0.4 is 4.90 Å². The number of anilines is 1. The third-order valence-electron chi connectivity index (χ3n) is 6.54. The van der Waals surface area contributed by atoms with Crippen LogP contribution in [0, 0.1) is 12.8 Å². The van der Waals surface area contributed by atoms with Gasteiger partial charge in [-0.05, 0) is 55.5 Å². The minimum atomic E-state index is -3.35. The molecule has 2 aliphatic heterocycles. The van der Waals surface area contributed by atoms with Crippen molar-refractivity contribution in [1.29, 1.82) is 0 Å². The first-order valence-electron chi connectivity index (χ1n) is 11.3. The Labute approximate surface area is 191 Å². The zero-order valence-electron chi connectivity index (χ0n) is 18.9. The second-order valence-electron chi connectivity index (χ2n) is 8.98. The van der Waals surface area contributed by atoms with E-state index in [1.807, 2.05) is 30.2 Å². The van der Waals surface area contributed by atoms with Crippen molar-refractivity contribution >= 4 is 21.6 Å². The van der Waals surface area contributed by atoms with Crippen molar-refractivity contribution in [3.8, 4) is 0 Å². The van der Waals surface area contributed by atoms with Crippen LogP contribution in [0.3, 0.4) is 0 Å². The first-order valence-corrected chi connectivity index (χ1v) is 13.2. The zero-order chi connectivity index (χ0) is 22.7. The molecule has 1 amide bonds. The Morgan fingerprint density at radius 1 is 1.09 bits per heavy atom. The van der Waals surface area contributed by atoms with Crippen molar-refractivity contribution in [1.82, 2.24) is 14.8 Å². The molecule has 0 bridgehead atoms. The summed E-state index contributed by atoms with van der Waals surface area (Å²) in [5, 5.41) is 0. The summed E-state index contributed by atoms with van der Waals surface area (Å²) in [6.45, 7) is 8.22. The molecule has 0 spiro atoms. The maximum atomic E-state index is 13.2. The zero-order valence-corrected chi connectivity index (χ0v) is 19.7. The van der Waals surface area contributed by atoms with E-state index >= 15 is 0 Å². The van der Waals surface area contributed by atoms with Crippen LogP contribution in [-0.4, -0.2) is 81.2 Å². The summed E-state index contributed by atoms with van der Waals surface area (Å²) in [5.41, 5.74) is 1.31. The lowest BCUT2D eigenvalue weighted by atomic mass is 9.96. The topological polar surface area (TPSA) is 73.8 Å². The van der Waals surface area contributed by atoms with Crippen LogP contribution in [0.25, 0.3) is 0 Å². The van der Waals surface area contributed by atoms with Gasteiger partial charge in [0.25, 0.3) is 5.91 Å². The van der Waals surface area contributed by atoms with E-state index < -0.39 is 9.84 Å². The van der Waals surface area contributed by atoms with Crippen LogP contribution in [0.2, 0.25) is 0 Å². The molecule has 0 aliphatic carbocycles. The van der Waals surface area contributed by atoms with Crippen LogP contribution in [0.5, 0.6) is 0 Å². The maximum absolute atomic E-state index is 13.2. The van der Waals surface area contributed by atoms with Gasteiger partial charge < -0.3 is 9.80 Å².